The van der Waals surface area contributed by atoms with Gasteiger partial charge in [0.25, 0.3) is 5.91 Å². The van der Waals surface area contributed by atoms with Gasteiger partial charge in [0.05, 0.1) is 0 Å². The van der Waals surface area contributed by atoms with Gasteiger partial charge in [-0.1, -0.05) is 18.2 Å². The normalized spacial score (nSPS) is 21.2. The van der Waals surface area contributed by atoms with Gasteiger partial charge in [-0.15, -0.1) is 0 Å². The minimum absolute atomic E-state index is 0. The minimum Gasteiger partial charge on any atom is -0.361 e. The zero-order valence-corrected chi connectivity index (χ0v) is 18.3. The van der Waals surface area contributed by atoms with Crippen LogP contribution in [0.1, 0.15) is 29.2 Å². The molecule has 1 aliphatic heterocycles. The topological polar surface area (TPSA) is 99.1 Å². The van der Waals surface area contributed by atoms with Crippen molar-refractivity contribution in [3.8, 4) is 0 Å². The fourth-order valence-electron chi connectivity index (χ4n) is 3.75. The van der Waals surface area contributed by atoms with Crippen molar-refractivity contribution in [2.45, 2.75) is 45.3 Å². The molecule has 3 atom stereocenters. The van der Waals surface area contributed by atoms with Crippen molar-refractivity contribution in [1.29, 1.82) is 10.8 Å². The first kappa shape index (κ1) is 21.4. The van der Waals surface area contributed by atoms with Gasteiger partial charge in [-0.05, 0) is 57.6 Å². The van der Waals surface area contributed by atoms with Gasteiger partial charge in [0.2, 0.25) is 0 Å². The average molecular weight is 419 g/mol. The van der Waals surface area contributed by atoms with Crippen LogP contribution in [-0.4, -0.2) is 69.2 Å². The van der Waals surface area contributed by atoms with E-state index >= 15 is 0 Å². The van der Waals surface area contributed by atoms with Gasteiger partial charge in [0, 0.05) is 51.2 Å². The Kier molecular flexibility index (Phi) is 6.64. The molecular formula is C21H34N6OS. The molecule has 0 aliphatic carbocycles. The Morgan fingerprint density at radius 3 is 2.66 bits per heavy atom. The van der Waals surface area contributed by atoms with Crippen molar-refractivity contribution in [3.05, 3.63) is 36.0 Å². The van der Waals surface area contributed by atoms with Gasteiger partial charge in [-0.2, -0.15) is 0 Å². The highest BCUT2D eigenvalue weighted by Gasteiger charge is 2.29. The monoisotopic (exact) mass is 418 g/mol. The number of likely N-dealkylation sites (N-methyl/N-ethyl adjacent to an activating group) is 1. The number of benzene rings is 1. The molecule has 7 nitrogen and oxygen atoms in total. The number of nitrogens with zero attached hydrogens (tertiary/aromatic N) is 2. The van der Waals surface area contributed by atoms with E-state index in [1.54, 1.807) is 0 Å². The van der Waals surface area contributed by atoms with E-state index in [0.717, 1.165) is 41.3 Å². The summed E-state index contributed by atoms with van der Waals surface area (Å²) in [5.41, 5.74) is 2.22. The number of nitrogens with one attached hydrogen (secondary N) is 4. The molecule has 160 valence electrons. The summed E-state index contributed by atoms with van der Waals surface area (Å²) in [5.74, 6) is -0.428. The second-order valence-electron chi connectivity index (χ2n) is 7.94. The first-order valence-corrected chi connectivity index (χ1v) is 10.8. The molecule has 1 unspecified atom stereocenters. The molecule has 0 radical (unpaired) electrons. The molecule has 1 fully saturated rings. The molecule has 29 heavy (non-hydrogen) atoms. The molecule has 1 saturated heterocycles. The van der Waals surface area contributed by atoms with Crippen molar-refractivity contribution in [2.24, 2.45) is 0 Å². The molecule has 0 spiro atoms. The van der Waals surface area contributed by atoms with Crippen LogP contribution in [0.5, 0.6) is 0 Å². The number of para-hydroxylation sites is 1. The van der Waals surface area contributed by atoms with Crippen molar-refractivity contribution in [1.82, 2.24) is 20.1 Å². The van der Waals surface area contributed by atoms with Gasteiger partial charge in [0.1, 0.15) is 0 Å². The number of hydrogen-bond acceptors (Lipinski definition) is 5. The lowest BCUT2D eigenvalue weighted by atomic mass is 10.1. The fourth-order valence-corrected chi connectivity index (χ4v) is 4.37. The molecule has 2 aromatic rings. The second-order valence-corrected chi connectivity index (χ2v) is 8.94. The van der Waals surface area contributed by atoms with Crippen LogP contribution in [-0.2, 0) is 11.2 Å². The van der Waals surface area contributed by atoms with Crippen LogP contribution in [0, 0.1) is 10.8 Å². The number of H-pyrrole nitrogens is 1. The lowest BCUT2D eigenvalue weighted by molar-refractivity contribution is -0.115. The summed E-state index contributed by atoms with van der Waals surface area (Å²) in [7, 11) is 2.09. The van der Waals surface area contributed by atoms with Crippen molar-refractivity contribution < 1.29 is 7.65 Å². The first-order valence-electron chi connectivity index (χ1n) is 9.94. The lowest BCUT2D eigenvalue weighted by Gasteiger charge is -2.43. The van der Waals surface area contributed by atoms with Gasteiger partial charge >= 0.3 is 0 Å². The molecule has 4 N–H and O–H groups in total. The Balaban J connectivity index is 0.00000240. The lowest BCUT2D eigenvalue weighted by Crippen LogP contribution is -2.56. The highest BCUT2D eigenvalue weighted by molar-refractivity contribution is 8.27. The van der Waals surface area contributed by atoms with E-state index in [9.17, 15) is 4.79 Å². The summed E-state index contributed by atoms with van der Waals surface area (Å²) < 4.78 is 0. The first-order chi connectivity index (χ1) is 13.8. The van der Waals surface area contributed by atoms with Crippen LogP contribution < -0.4 is 5.32 Å². The summed E-state index contributed by atoms with van der Waals surface area (Å²) in [5, 5.41) is 20.6. The Bertz CT molecular complexity index is 908. The third-order valence-corrected chi connectivity index (χ3v) is 6.47. The third-order valence-electron chi connectivity index (χ3n) is 5.63. The van der Waals surface area contributed by atoms with Crippen LogP contribution in [0.25, 0.3) is 10.9 Å². The molecule has 1 aliphatic rings. The van der Waals surface area contributed by atoms with E-state index in [2.05, 4.69) is 42.2 Å². The largest absolute Gasteiger partial charge is 0.361 e. The van der Waals surface area contributed by atoms with Gasteiger partial charge < -0.3 is 15.2 Å². The van der Waals surface area contributed by atoms with Crippen LogP contribution >= 0.6 is 11.8 Å². The molecular weight excluding hydrogens is 384 g/mol. The Morgan fingerprint density at radius 2 is 1.97 bits per heavy atom. The maximum absolute atomic E-state index is 12.5. The molecule has 1 aromatic heterocycles. The number of aromatic nitrogens is 1. The van der Waals surface area contributed by atoms with Crippen molar-refractivity contribution in [3.63, 3.8) is 0 Å². The van der Waals surface area contributed by atoms with Crippen LogP contribution in [0.4, 0.5) is 0 Å². The van der Waals surface area contributed by atoms with E-state index < -0.39 is 5.91 Å². The number of rotatable bonds is 3. The molecule has 8 heteroatoms. The maximum Gasteiger partial charge on any atom is 0.276 e. The van der Waals surface area contributed by atoms with Crippen LogP contribution in [0.2, 0.25) is 0 Å². The average Bonchev–Trinajstić information content (AvgIpc) is 3.08. The number of carbonyl (C=O) groups is 1. The smallest absolute Gasteiger partial charge is 0.276 e. The van der Waals surface area contributed by atoms with E-state index in [0.29, 0.717) is 18.5 Å². The minimum atomic E-state index is -0.428. The number of amides is 1. The van der Waals surface area contributed by atoms with Crippen molar-refractivity contribution in [2.75, 3.05) is 20.1 Å². The number of aromatic amines is 1. The predicted molar refractivity (Wildman–Crippen MR) is 125 cm³/mol. The zero-order valence-electron chi connectivity index (χ0n) is 17.5. The van der Waals surface area contributed by atoms with Crippen LogP contribution in [0.3, 0.4) is 0 Å². The number of carbonyl (C=O) groups excluding carboxylic acids is 1. The van der Waals surface area contributed by atoms with Gasteiger partial charge in [0.15, 0.2) is 10.2 Å². The highest BCUT2D eigenvalue weighted by atomic mass is 32.2. The number of thioether (sulfide) groups is 1. The summed E-state index contributed by atoms with van der Waals surface area (Å²) in [6.45, 7) is 7.67. The van der Waals surface area contributed by atoms with Crippen LogP contribution in [0.15, 0.2) is 30.5 Å². The van der Waals surface area contributed by atoms with E-state index in [4.69, 9.17) is 10.8 Å². The number of fused-ring (bicyclic) bond motifs is 1. The summed E-state index contributed by atoms with van der Waals surface area (Å²) in [6.07, 6.45) is 2.65. The molecule has 1 amide bonds. The summed E-state index contributed by atoms with van der Waals surface area (Å²) in [4.78, 5) is 19.9. The summed E-state index contributed by atoms with van der Waals surface area (Å²) in [6, 6.07) is 8.63. The predicted octanol–water partition coefficient (Wildman–Crippen LogP) is 3.38. The standard InChI is InChI=1S/C21H30N6OS.2H2/c1-13(9-16-10-24-18-8-6-5-7-17(16)18)25-20(28)19(22)29-21(23)27-11-14(2)26(4)15(3)12-27;;/h5-8,10,13-15,22-24H,9,11-12H2,1-4H3,(H,25,28);2*1H/t13?,14-,15-;;/m1../s1. The quantitative estimate of drug-likeness (QED) is 0.454. The van der Waals surface area contributed by atoms with E-state index in [-0.39, 0.29) is 19.1 Å². The Labute approximate surface area is 179 Å². The Morgan fingerprint density at radius 1 is 1.31 bits per heavy atom. The van der Waals surface area contributed by atoms with Gasteiger partial charge in [-0.3, -0.25) is 20.5 Å². The van der Waals surface area contributed by atoms with E-state index in [1.165, 1.54) is 0 Å². The van der Waals surface area contributed by atoms with E-state index in [1.807, 2.05) is 36.2 Å². The maximum atomic E-state index is 12.5. The SMILES string of the molecule is CC(Cc1c[nH]c2ccccc12)NC(=O)C(=N)SC(=N)N1C[C@@H](C)N(C)[C@H](C)C1.[HH].[HH]. The highest BCUT2D eigenvalue weighted by Crippen LogP contribution is 2.20. The summed E-state index contributed by atoms with van der Waals surface area (Å²) >= 11 is 0.928. The second kappa shape index (κ2) is 9.00. The molecule has 0 bridgehead atoms. The third kappa shape index (κ3) is 5.00. The van der Waals surface area contributed by atoms with Crippen molar-refractivity contribution >= 4 is 38.8 Å². The number of piperazine rings is 1. The Hall–Kier alpha value is -2.32. The molecule has 1 aromatic carbocycles. The molecule has 2 heterocycles. The molecule has 3 rings (SSSR count). The zero-order chi connectivity index (χ0) is 21.1. The number of amidine groups is 1. The fraction of sp³-hybridized carbons (Fsp3) is 0.476. The van der Waals surface area contributed by atoms with Gasteiger partial charge in [-0.25, -0.2) is 0 Å². The number of hydrogen-bond donors (Lipinski definition) is 4. The molecule has 0 saturated carbocycles.